The highest BCUT2D eigenvalue weighted by Gasteiger charge is 2.36. The van der Waals surface area contributed by atoms with Gasteiger partial charge in [-0.25, -0.2) is 8.42 Å². The Morgan fingerprint density at radius 3 is 2.59 bits per heavy atom. The molecule has 100 valence electrons. The fourth-order valence-corrected chi connectivity index (χ4v) is 4.80. The Hall–Kier alpha value is -0.130. The molecule has 0 saturated carbocycles. The van der Waals surface area contributed by atoms with Gasteiger partial charge < -0.3 is 10.5 Å². The zero-order valence-corrected chi connectivity index (χ0v) is 11.5. The highest BCUT2D eigenvalue weighted by atomic mass is 32.2. The SMILES string of the molecule is CC1(C)CCC(CC(N)C2CCS(=O)(=O)C2)O1. The quantitative estimate of drug-likeness (QED) is 0.826. The molecule has 3 unspecified atom stereocenters. The molecule has 0 aromatic heterocycles. The van der Waals surface area contributed by atoms with Crippen LogP contribution in [-0.4, -0.2) is 37.7 Å². The summed E-state index contributed by atoms with van der Waals surface area (Å²) < 4.78 is 28.7. The Balaban J connectivity index is 1.84. The molecule has 4 nitrogen and oxygen atoms in total. The van der Waals surface area contributed by atoms with Crippen molar-refractivity contribution >= 4 is 9.84 Å². The van der Waals surface area contributed by atoms with Crippen LogP contribution >= 0.6 is 0 Å². The predicted molar refractivity (Wildman–Crippen MR) is 67.5 cm³/mol. The number of rotatable bonds is 3. The molecule has 2 aliphatic rings. The third-order valence-corrected chi connectivity index (χ3v) is 5.76. The van der Waals surface area contributed by atoms with Crippen LogP contribution in [0, 0.1) is 5.92 Å². The van der Waals surface area contributed by atoms with E-state index in [-0.39, 0.29) is 29.4 Å². The van der Waals surface area contributed by atoms with Crippen LogP contribution in [-0.2, 0) is 14.6 Å². The second-order valence-corrected chi connectivity index (χ2v) is 8.33. The fourth-order valence-electron chi connectivity index (χ4n) is 2.90. The Morgan fingerprint density at radius 2 is 2.12 bits per heavy atom. The molecule has 2 aliphatic heterocycles. The zero-order valence-electron chi connectivity index (χ0n) is 10.7. The molecule has 0 amide bonds. The van der Waals surface area contributed by atoms with Gasteiger partial charge in [0.05, 0.1) is 23.2 Å². The van der Waals surface area contributed by atoms with Crippen LogP contribution in [0.25, 0.3) is 0 Å². The molecule has 2 rings (SSSR count). The van der Waals surface area contributed by atoms with Gasteiger partial charge >= 0.3 is 0 Å². The lowest BCUT2D eigenvalue weighted by molar-refractivity contribution is -0.0223. The first-order valence-corrected chi connectivity index (χ1v) is 8.23. The maximum Gasteiger partial charge on any atom is 0.150 e. The molecule has 0 spiro atoms. The maximum absolute atomic E-state index is 11.4. The lowest BCUT2D eigenvalue weighted by atomic mass is 9.94. The van der Waals surface area contributed by atoms with Crippen molar-refractivity contribution in [3.63, 3.8) is 0 Å². The van der Waals surface area contributed by atoms with E-state index >= 15 is 0 Å². The number of ether oxygens (including phenoxy) is 1. The molecular weight excluding hydrogens is 238 g/mol. The number of hydrogen-bond acceptors (Lipinski definition) is 4. The third-order valence-electron chi connectivity index (χ3n) is 3.96. The minimum Gasteiger partial charge on any atom is -0.372 e. The van der Waals surface area contributed by atoms with Gasteiger partial charge in [-0.15, -0.1) is 0 Å². The summed E-state index contributed by atoms with van der Waals surface area (Å²) in [7, 11) is -2.82. The summed E-state index contributed by atoms with van der Waals surface area (Å²) in [6.07, 6.45) is 3.83. The van der Waals surface area contributed by atoms with Gasteiger partial charge in [-0.2, -0.15) is 0 Å². The molecule has 0 aromatic rings. The number of hydrogen-bond donors (Lipinski definition) is 1. The van der Waals surface area contributed by atoms with Gasteiger partial charge in [0.1, 0.15) is 0 Å². The number of sulfone groups is 1. The van der Waals surface area contributed by atoms with Crippen molar-refractivity contribution in [2.24, 2.45) is 11.7 Å². The van der Waals surface area contributed by atoms with Gasteiger partial charge in [0.15, 0.2) is 9.84 Å². The molecule has 17 heavy (non-hydrogen) atoms. The van der Waals surface area contributed by atoms with E-state index in [1.165, 1.54) is 0 Å². The van der Waals surface area contributed by atoms with Crippen LogP contribution in [0.1, 0.15) is 39.5 Å². The molecule has 0 bridgehead atoms. The van der Waals surface area contributed by atoms with Gasteiger partial charge in [-0.3, -0.25) is 0 Å². The highest BCUT2D eigenvalue weighted by Crippen LogP contribution is 2.33. The summed E-state index contributed by atoms with van der Waals surface area (Å²) in [5.41, 5.74) is 6.09. The molecule has 2 fully saturated rings. The van der Waals surface area contributed by atoms with Crippen molar-refractivity contribution in [3.05, 3.63) is 0 Å². The first-order chi connectivity index (χ1) is 7.77. The second kappa shape index (κ2) is 4.52. The predicted octanol–water partition coefficient (Wildman–Crippen LogP) is 1.10. The van der Waals surface area contributed by atoms with Crippen molar-refractivity contribution in [3.8, 4) is 0 Å². The third kappa shape index (κ3) is 3.42. The van der Waals surface area contributed by atoms with E-state index in [1.54, 1.807) is 0 Å². The Labute approximate surface area is 104 Å². The van der Waals surface area contributed by atoms with Crippen molar-refractivity contribution in [1.29, 1.82) is 0 Å². The molecule has 2 N–H and O–H groups in total. The van der Waals surface area contributed by atoms with Crippen molar-refractivity contribution in [2.45, 2.75) is 57.3 Å². The fraction of sp³-hybridized carbons (Fsp3) is 1.00. The van der Waals surface area contributed by atoms with E-state index < -0.39 is 9.84 Å². The summed E-state index contributed by atoms with van der Waals surface area (Å²) in [5.74, 6) is 0.708. The first kappa shape index (κ1) is 13.3. The van der Waals surface area contributed by atoms with Gasteiger partial charge in [-0.1, -0.05) is 0 Å². The summed E-state index contributed by atoms with van der Waals surface area (Å²) in [4.78, 5) is 0. The van der Waals surface area contributed by atoms with Crippen LogP contribution in [0.2, 0.25) is 0 Å². The van der Waals surface area contributed by atoms with Gasteiger partial charge in [0.2, 0.25) is 0 Å². The van der Waals surface area contributed by atoms with Crippen LogP contribution in [0.4, 0.5) is 0 Å². The lowest BCUT2D eigenvalue weighted by Gasteiger charge is -2.24. The van der Waals surface area contributed by atoms with E-state index in [4.69, 9.17) is 10.5 Å². The van der Waals surface area contributed by atoms with Crippen molar-refractivity contribution < 1.29 is 13.2 Å². The minimum absolute atomic E-state index is 0.0356. The second-order valence-electron chi connectivity index (χ2n) is 6.10. The van der Waals surface area contributed by atoms with Crippen molar-refractivity contribution in [1.82, 2.24) is 0 Å². The average Bonchev–Trinajstić information content (AvgIpc) is 2.69. The molecule has 0 radical (unpaired) electrons. The van der Waals surface area contributed by atoms with E-state index in [2.05, 4.69) is 13.8 Å². The molecule has 2 heterocycles. The van der Waals surface area contributed by atoms with Gasteiger partial charge in [-0.05, 0) is 45.4 Å². The molecule has 2 saturated heterocycles. The van der Waals surface area contributed by atoms with E-state index in [0.29, 0.717) is 5.75 Å². The largest absolute Gasteiger partial charge is 0.372 e. The molecule has 0 aromatic carbocycles. The molecule has 5 heteroatoms. The summed E-state index contributed by atoms with van der Waals surface area (Å²) in [6.45, 7) is 4.19. The van der Waals surface area contributed by atoms with Crippen LogP contribution in [0.15, 0.2) is 0 Å². The molecular formula is C12H23NO3S. The van der Waals surface area contributed by atoms with E-state index in [0.717, 1.165) is 25.7 Å². The van der Waals surface area contributed by atoms with Gasteiger partial charge in [0, 0.05) is 6.04 Å². The Kier molecular flexibility index (Phi) is 3.54. The Bertz CT molecular complexity index is 377. The Morgan fingerprint density at radius 1 is 1.41 bits per heavy atom. The first-order valence-electron chi connectivity index (χ1n) is 6.41. The summed E-state index contributed by atoms with van der Waals surface area (Å²) in [5, 5.41) is 0. The van der Waals surface area contributed by atoms with Crippen LogP contribution < -0.4 is 5.73 Å². The lowest BCUT2D eigenvalue weighted by Crippen LogP contribution is -2.35. The average molecular weight is 261 g/mol. The van der Waals surface area contributed by atoms with Gasteiger partial charge in [0.25, 0.3) is 0 Å². The van der Waals surface area contributed by atoms with Crippen molar-refractivity contribution in [2.75, 3.05) is 11.5 Å². The standard InChI is InChI=1S/C12H23NO3S/c1-12(2)5-3-10(16-12)7-11(13)9-4-6-17(14,15)8-9/h9-11H,3-8,13H2,1-2H3. The topological polar surface area (TPSA) is 69.4 Å². The van der Waals surface area contributed by atoms with Crippen LogP contribution in [0.5, 0.6) is 0 Å². The normalized spacial score (nSPS) is 37.1. The maximum atomic E-state index is 11.4. The molecule has 0 aliphatic carbocycles. The van der Waals surface area contributed by atoms with E-state index in [1.807, 2.05) is 0 Å². The summed E-state index contributed by atoms with van der Waals surface area (Å²) in [6, 6.07) is -0.0359. The molecule has 3 atom stereocenters. The van der Waals surface area contributed by atoms with Crippen LogP contribution in [0.3, 0.4) is 0 Å². The monoisotopic (exact) mass is 261 g/mol. The summed E-state index contributed by atoms with van der Waals surface area (Å²) >= 11 is 0. The van der Waals surface area contributed by atoms with E-state index in [9.17, 15) is 8.42 Å². The number of nitrogens with two attached hydrogens (primary N) is 1. The zero-order chi connectivity index (χ0) is 12.7. The smallest absolute Gasteiger partial charge is 0.150 e. The minimum atomic E-state index is -2.82. The highest BCUT2D eigenvalue weighted by molar-refractivity contribution is 7.91.